The van der Waals surface area contributed by atoms with E-state index in [9.17, 15) is 0 Å². The molecule has 0 fully saturated rings. The number of aryl methyl sites for hydroxylation is 1. The Hall–Kier alpha value is -1.33. The first-order chi connectivity index (χ1) is 6.72. The Balaban J connectivity index is 2.36. The molecule has 0 aliphatic carbocycles. The summed E-state index contributed by atoms with van der Waals surface area (Å²) in [4.78, 5) is 0. The minimum Gasteiger partial charge on any atom is -0.302 e. The first kappa shape index (κ1) is 10.7. The van der Waals surface area contributed by atoms with Crippen molar-refractivity contribution in [2.45, 2.75) is 26.3 Å². The summed E-state index contributed by atoms with van der Waals surface area (Å²) in [6.07, 6.45) is 0.980. The van der Waals surface area contributed by atoms with Gasteiger partial charge in [0.25, 0.3) is 0 Å². The predicted molar refractivity (Wildman–Crippen MR) is 58.0 cm³/mol. The number of hydrogen-bond acceptors (Lipinski definition) is 2. The van der Waals surface area contributed by atoms with Crippen LogP contribution < -0.4 is 5.32 Å². The summed E-state index contributed by atoms with van der Waals surface area (Å²) in [7, 11) is 0. The third-order valence-corrected chi connectivity index (χ3v) is 2.14. The predicted octanol–water partition coefficient (Wildman–Crippen LogP) is 2.04. The first-order valence-corrected chi connectivity index (χ1v) is 4.91. The zero-order valence-corrected chi connectivity index (χ0v) is 8.75. The molecule has 0 bridgehead atoms. The topological polar surface area (TPSA) is 35.8 Å². The maximum atomic E-state index is 8.56. The highest BCUT2D eigenvalue weighted by molar-refractivity contribution is 5.22. The smallest absolute Gasteiger partial charge is 0.0924 e. The second kappa shape index (κ2) is 5.41. The Morgan fingerprint density at radius 1 is 1.50 bits per heavy atom. The summed E-state index contributed by atoms with van der Waals surface area (Å²) in [6, 6.07) is 10.6. The van der Waals surface area contributed by atoms with E-state index in [2.05, 4.69) is 42.6 Å². The van der Waals surface area contributed by atoms with Crippen LogP contribution in [0.15, 0.2) is 24.3 Å². The van der Waals surface area contributed by atoms with Crippen molar-refractivity contribution in [1.29, 1.82) is 5.26 Å². The van der Waals surface area contributed by atoms with Crippen molar-refractivity contribution in [2.75, 3.05) is 6.54 Å². The summed E-state index contributed by atoms with van der Waals surface area (Å²) in [5, 5.41) is 11.7. The van der Waals surface area contributed by atoms with E-state index in [1.165, 1.54) is 11.1 Å². The number of nitrogens with one attached hydrogen (secondary N) is 1. The number of nitrogens with zero attached hydrogens (tertiary/aromatic N) is 1. The lowest BCUT2D eigenvalue weighted by molar-refractivity contribution is 0.640. The van der Waals surface area contributed by atoms with Gasteiger partial charge in [-0.05, 0) is 25.8 Å². The highest BCUT2D eigenvalue weighted by atomic mass is 14.9. The van der Waals surface area contributed by atoms with E-state index in [1.54, 1.807) is 0 Å². The second-order valence-electron chi connectivity index (χ2n) is 3.54. The van der Waals surface area contributed by atoms with E-state index >= 15 is 0 Å². The van der Waals surface area contributed by atoms with E-state index in [0.717, 1.165) is 13.0 Å². The molecule has 0 aliphatic rings. The standard InChI is InChI=1S/C12H16N2/c1-10-4-3-5-12(8-10)6-7-14-11(2)9-13/h3-5,8,11,14H,6-7H2,1-2H3. The normalized spacial score (nSPS) is 12.1. The van der Waals surface area contributed by atoms with Crippen LogP contribution >= 0.6 is 0 Å². The Morgan fingerprint density at radius 3 is 2.93 bits per heavy atom. The van der Waals surface area contributed by atoms with Crippen LogP contribution in [0.2, 0.25) is 0 Å². The van der Waals surface area contributed by atoms with Gasteiger partial charge in [-0.2, -0.15) is 5.26 Å². The summed E-state index contributed by atoms with van der Waals surface area (Å²) in [5.74, 6) is 0. The van der Waals surface area contributed by atoms with E-state index in [-0.39, 0.29) is 6.04 Å². The van der Waals surface area contributed by atoms with E-state index in [4.69, 9.17) is 5.26 Å². The van der Waals surface area contributed by atoms with Crippen molar-refractivity contribution >= 4 is 0 Å². The van der Waals surface area contributed by atoms with E-state index in [1.807, 2.05) is 6.92 Å². The average Bonchev–Trinajstić information content (AvgIpc) is 2.17. The molecule has 0 saturated heterocycles. The third kappa shape index (κ3) is 3.59. The van der Waals surface area contributed by atoms with Gasteiger partial charge in [-0.15, -0.1) is 0 Å². The number of benzene rings is 1. The van der Waals surface area contributed by atoms with Gasteiger partial charge in [0.2, 0.25) is 0 Å². The fourth-order valence-corrected chi connectivity index (χ4v) is 1.35. The second-order valence-corrected chi connectivity index (χ2v) is 3.54. The minimum atomic E-state index is -0.0557. The zero-order chi connectivity index (χ0) is 10.4. The van der Waals surface area contributed by atoms with Gasteiger partial charge < -0.3 is 5.32 Å². The molecule has 0 amide bonds. The van der Waals surface area contributed by atoms with Gasteiger partial charge >= 0.3 is 0 Å². The van der Waals surface area contributed by atoms with E-state index < -0.39 is 0 Å². The molecular formula is C12H16N2. The highest BCUT2D eigenvalue weighted by Gasteiger charge is 1.97. The van der Waals surface area contributed by atoms with Crippen molar-refractivity contribution in [3.63, 3.8) is 0 Å². The molecule has 2 nitrogen and oxygen atoms in total. The van der Waals surface area contributed by atoms with Crippen LogP contribution in [0.25, 0.3) is 0 Å². The molecule has 0 saturated carbocycles. The van der Waals surface area contributed by atoms with Gasteiger partial charge in [0.1, 0.15) is 0 Å². The monoisotopic (exact) mass is 188 g/mol. The van der Waals surface area contributed by atoms with Crippen LogP contribution in [0.1, 0.15) is 18.1 Å². The van der Waals surface area contributed by atoms with Gasteiger partial charge in [-0.1, -0.05) is 29.8 Å². The molecule has 0 radical (unpaired) electrons. The molecule has 0 aromatic heterocycles. The number of nitriles is 1. The SMILES string of the molecule is Cc1cccc(CCNC(C)C#N)c1. The lowest BCUT2D eigenvalue weighted by atomic mass is 10.1. The Morgan fingerprint density at radius 2 is 2.29 bits per heavy atom. The quantitative estimate of drug-likeness (QED) is 0.784. The maximum absolute atomic E-state index is 8.56. The summed E-state index contributed by atoms with van der Waals surface area (Å²) < 4.78 is 0. The Bertz CT molecular complexity index is 325. The largest absolute Gasteiger partial charge is 0.302 e. The molecular weight excluding hydrogens is 172 g/mol. The summed E-state index contributed by atoms with van der Waals surface area (Å²) >= 11 is 0. The minimum absolute atomic E-state index is 0.0557. The fourth-order valence-electron chi connectivity index (χ4n) is 1.35. The third-order valence-electron chi connectivity index (χ3n) is 2.14. The Kier molecular flexibility index (Phi) is 4.15. The van der Waals surface area contributed by atoms with Crippen LogP contribution in [-0.4, -0.2) is 12.6 Å². The van der Waals surface area contributed by atoms with Gasteiger partial charge in [-0.25, -0.2) is 0 Å². The van der Waals surface area contributed by atoms with Crippen LogP contribution in [0, 0.1) is 18.3 Å². The molecule has 0 aliphatic heterocycles. The van der Waals surface area contributed by atoms with Gasteiger partial charge in [0.05, 0.1) is 12.1 Å². The number of rotatable bonds is 4. The lowest BCUT2D eigenvalue weighted by Gasteiger charge is -2.06. The maximum Gasteiger partial charge on any atom is 0.0924 e. The summed E-state index contributed by atoms with van der Waals surface area (Å²) in [6.45, 7) is 4.82. The van der Waals surface area contributed by atoms with Crippen LogP contribution in [0.3, 0.4) is 0 Å². The number of hydrogen-bond donors (Lipinski definition) is 1. The van der Waals surface area contributed by atoms with Gasteiger partial charge in [0, 0.05) is 6.54 Å². The first-order valence-electron chi connectivity index (χ1n) is 4.91. The molecule has 74 valence electrons. The zero-order valence-electron chi connectivity index (χ0n) is 8.75. The van der Waals surface area contributed by atoms with Gasteiger partial charge in [-0.3, -0.25) is 0 Å². The molecule has 1 aromatic carbocycles. The van der Waals surface area contributed by atoms with Crippen molar-refractivity contribution in [1.82, 2.24) is 5.32 Å². The summed E-state index contributed by atoms with van der Waals surface area (Å²) in [5.41, 5.74) is 2.61. The van der Waals surface area contributed by atoms with Gasteiger partial charge in [0.15, 0.2) is 0 Å². The fraction of sp³-hybridized carbons (Fsp3) is 0.417. The molecule has 1 aromatic rings. The molecule has 1 unspecified atom stereocenters. The molecule has 14 heavy (non-hydrogen) atoms. The molecule has 0 spiro atoms. The average molecular weight is 188 g/mol. The Labute approximate surface area is 85.6 Å². The van der Waals surface area contributed by atoms with Crippen LogP contribution in [0.5, 0.6) is 0 Å². The van der Waals surface area contributed by atoms with Crippen LogP contribution in [0.4, 0.5) is 0 Å². The van der Waals surface area contributed by atoms with Crippen LogP contribution in [-0.2, 0) is 6.42 Å². The highest BCUT2D eigenvalue weighted by Crippen LogP contribution is 2.03. The molecule has 2 heteroatoms. The van der Waals surface area contributed by atoms with Crippen molar-refractivity contribution < 1.29 is 0 Å². The molecule has 0 heterocycles. The van der Waals surface area contributed by atoms with E-state index in [0.29, 0.717) is 0 Å². The lowest BCUT2D eigenvalue weighted by Crippen LogP contribution is -2.26. The van der Waals surface area contributed by atoms with Crippen molar-refractivity contribution in [3.05, 3.63) is 35.4 Å². The molecule has 1 atom stereocenters. The van der Waals surface area contributed by atoms with Crippen molar-refractivity contribution in [3.8, 4) is 6.07 Å². The molecule has 1 N–H and O–H groups in total. The molecule has 1 rings (SSSR count). The van der Waals surface area contributed by atoms with Crippen molar-refractivity contribution in [2.24, 2.45) is 0 Å².